The third-order valence-electron chi connectivity index (χ3n) is 3.61. The fourth-order valence-corrected chi connectivity index (χ4v) is 2.14. The number of rotatable bonds is 5. The van der Waals surface area contributed by atoms with Crippen molar-refractivity contribution in [1.29, 1.82) is 0 Å². The molecule has 1 N–H and O–H groups in total. The van der Waals surface area contributed by atoms with Crippen molar-refractivity contribution in [2.45, 2.75) is 12.8 Å². The summed E-state index contributed by atoms with van der Waals surface area (Å²) in [5, 5.41) is 2.83. The first-order valence-corrected chi connectivity index (χ1v) is 7.43. The number of hydrogen-bond donors (Lipinski definition) is 1. The first kappa shape index (κ1) is 15.1. The van der Waals surface area contributed by atoms with E-state index in [1.165, 1.54) is 7.11 Å². The van der Waals surface area contributed by atoms with E-state index in [0.717, 1.165) is 12.8 Å². The number of carbonyl (C=O) groups excluding carboxylic acids is 2. The number of ether oxygens (including phenoxy) is 2. The zero-order valence-corrected chi connectivity index (χ0v) is 12.7. The standard InChI is InChI=1S/C18H17NO4/c1-22-15-4-2-3-5-16(15)23-18(21)13-8-10-14(11-9-13)19-17(20)12-6-7-12/h2-5,8-12H,6-7H2,1H3,(H,19,20). The average Bonchev–Trinajstić information content (AvgIpc) is 3.41. The number of carbonyl (C=O) groups is 2. The van der Waals surface area contributed by atoms with Gasteiger partial charge in [-0.05, 0) is 49.2 Å². The lowest BCUT2D eigenvalue weighted by Gasteiger charge is -2.09. The van der Waals surface area contributed by atoms with Crippen LogP contribution in [0.5, 0.6) is 11.5 Å². The second-order valence-electron chi connectivity index (χ2n) is 5.38. The largest absolute Gasteiger partial charge is 0.493 e. The van der Waals surface area contributed by atoms with E-state index in [0.29, 0.717) is 22.7 Å². The molecule has 1 fully saturated rings. The van der Waals surface area contributed by atoms with Crippen molar-refractivity contribution >= 4 is 17.6 Å². The third-order valence-corrected chi connectivity index (χ3v) is 3.61. The SMILES string of the molecule is COc1ccccc1OC(=O)c1ccc(NC(=O)C2CC2)cc1. The highest BCUT2D eigenvalue weighted by atomic mass is 16.6. The predicted molar refractivity (Wildman–Crippen MR) is 85.7 cm³/mol. The summed E-state index contributed by atoms with van der Waals surface area (Å²) < 4.78 is 10.5. The van der Waals surface area contributed by atoms with Gasteiger partial charge in [-0.2, -0.15) is 0 Å². The molecule has 1 saturated carbocycles. The molecule has 0 spiro atoms. The number of esters is 1. The maximum absolute atomic E-state index is 12.2. The van der Waals surface area contributed by atoms with E-state index in [1.54, 1.807) is 48.5 Å². The lowest BCUT2D eigenvalue weighted by molar-refractivity contribution is -0.117. The minimum Gasteiger partial charge on any atom is -0.493 e. The maximum Gasteiger partial charge on any atom is 0.343 e. The minimum absolute atomic E-state index is 0.0364. The van der Waals surface area contributed by atoms with Gasteiger partial charge in [-0.1, -0.05) is 12.1 Å². The van der Waals surface area contributed by atoms with E-state index in [-0.39, 0.29) is 11.8 Å². The van der Waals surface area contributed by atoms with Crippen molar-refractivity contribution in [3.8, 4) is 11.5 Å². The van der Waals surface area contributed by atoms with Gasteiger partial charge < -0.3 is 14.8 Å². The number of nitrogens with one attached hydrogen (secondary N) is 1. The van der Waals surface area contributed by atoms with Crippen LogP contribution in [0.2, 0.25) is 0 Å². The molecule has 2 aromatic rings. The van der Waals surface area contributed by atoms with Gasteiger partial charge in [0.05, 0.1) is 12.7 Å². The minimum atomic E-state index is -0.477. The molecule has 0 aromatic heterocycles. The predicted octanol–water partition coefficient (Wildman–Crippen LogP) is 3.26. The maximum atomic E-state index is 12.2. The average molecular weight is 311 g/mol. The fourth-order valence-electron chi connectivity index (χ4n) is 2.14. The third kappa shape index (κ3) is 3.69. The number of benzene rings is 2. The Morgan fingerprint density at radius 3 is 2.26 bits per heavy atom. The molecular weight excluding hydrogens is 294 g/mol. The van der Waals surface area contributed by atoms with Gasteiger partial charge in [-0.15, -0.1) is 0 Å². The van der Waals surface area contributed by atoms with Crippen LogP contribution in [0.1, 0.15) is 23.2 Å². The van der Waals surface area contributed by atoms with E-state index in [1.807, 2.05) is 0 Å². The Balaban J connectivity index is 1.66. The molecule has 23 heavy (non-hydrogen) atoms. The second-order valence-corrected chi connectivity index (χ2v) is 5.38. The van der Waals surface area contributed by atoms with E-state index in [4.69, 9.17) is 9.47 Å². The zero-order valence-electron chi connectivity index (χ0n) is 12.7. The number of hydrogen-bond acceptors (Lipinski definition) is 4. The van der Waals surface area contributed by atoms with Crippen LogP contribution in [0.15, 0.2) is 48.5 Å². The van der Waals surface area contributed by atoms with Gasteiger partial charge >= 0.3 is 5.97 Å². The van der Waals surface area contributed by atoms with Crippen LogP contribution in [0, 0.1) is 5.92 Å². The van der Waals surface area contributed by atoms with Gasteiger partial charge in [0.15, 0.2) is 11.5 Å². The van der Waals surface area contributed by atoms with Gasteiger partial charge in [0, 0.05) is 11.6 Å². The normalized spacial score (nSPS) is 13.3. The van der Waals surface area contributed by atoms with Crippen LogP contribution in [-0.2, 0) is 4.79 Å². The van der Waals surface area contributed by atoms with E-state index < -0.39 is 5.97 Å². The van der Waals surface area contributed by atoms with Crippen molar-refractivity contribution in [2.75, 3.05) is 12.4 Å². The van der Waals surface area contributed by atoms with E-state index in [9.17, 15) is 9.59 Å². The summed E-state index contributed by atoms with van der Waals surface area (Å²) in [6, 6.07) is 13.6. The van der Waals surface area contributed by atoms with Crippen LogP contribution in [0.3, 0.4) is 0 Å². The number of amides is 1. The molecule has 1 aliphatic carbocycles. The molecule has 5 nitrogen and oxygen atoms in total. The van der Waals surface area contributed by atoms with Crippen molar-refractivity contribution in [3.63, 3.8) is 0 Å². The van der Waals surface area contributed by atoms with Crippen LogP contribution in [0.25, 0.3) is 0 Å². The van der Waals surface area contributed by atoms with Gasteiger partial charge in [0.2, 0.25) is 5.91 Å². The van der Waals surface area contributed by atoms with Gasteiger partial charge in [0.1, 0.15) is 0 Å². The molecule has 0 unspecified atom stereocenters. The lowest BCUT2D eigenvalue weighted by atomic mass is 10.2. The Morgan fingerprint density at radius 1 is 1.00 bits per heavy atom. The first-order valence-electron chi connectivity index (χ1n) is 7.43. The van der Waals surface area contributed by atoms with Crippen LogP contribution in [-0.4, -0.2) is 19.0 Å². The Bertz CT molecular complexity index is 720. The van der Waals surface area contributed by atoms with E-state index in [2.05, 4.69) is 5.32 Å². The molecule has 0 radical (unpaired) electrons. The second kappa shape index (κ2) is 6.52. The lowest BCUT2D eigenvalue weighted by Crippen LogP contribution is -2.14. The Labute approximate surface area is 134 Å². The zero-order chi connectivity index (χ0) is 16.2. The monoisotopic (exact) mass is 311 g/mol. The van der Waals surface area contributed by atoms with E-state index >= 15 is 0 Å². The number of methoxy groups -OCH3 is 1. The summed E-state index contributed by atoms with van der Waals surface area (Å²) in [4.78, 5) is 23.9. The van der Waals surface area contributed by atoms with Crippen molar-refractivity contribution in [1.82, 2.24) is 0 Å². The van der Waals surface area contributed by atoms with Crippen LogP contribution in [0.4, 0.5) is 5.69 Å². The molecule has 1 aliphatic rings. The Hall–Kier alpha value is -2.82. The Morgan fingerprint density at radius 2 is 1.65 bits per heavy atom. The van der Waals surface area contributed by atoms with Crippen molar-refractivity contribution < 1.29 is 19.1 Å². The topological polar surface area (TPSA) is 64.6 Å². The summed E-state index contributed by atoms with van der Waals surface area (Å²) in [6.07, 6.45) is 1.91. The summed E-state index contributed by atoms with van der Waals surface area (Å²) >= 11 is 0. The molecule has 0 heterocycles. The summed E-state index contributed by atoms with van der Waals surface area (Å²) in [5.41, 5.74) is 1.08. The molecule has 3 rings (SSSR count). The Kier molecular flexibility index (Phi) is 4.28. The van der Waals surface area contributed by atoms with Crippen LogP contribution >= 0.6 is 0 Å². The molecule has 0 atom stereocenters. The molecule has 118 valence electrons. The highest BCUT2D eigenvalue weighted by molar-refractivity contribution is 5.95. The van der Waals surface area contributed by atoms with Gasteiger partial charge in [-0.25, -0.2) is 4.79 Å². The molecule has 0 bridgehead atoms. The van der Waals surface area contributed by atoms with Gasteiger partial charge in [0.25, 0.3) is 0 Å². The fraction of sp³-hybridized carbons (Fsp3) is 0.222. The highest BCUT2D eigenvalue weighted by Crippen LogP contribution is 2.30. The number of para-hydroxylation sites is 2. The smallest absolute Gasteiger partial charge is 0.343 e. The van der Waals surface area contributed by atoms with Gasteiger partial charge in [-0.3, -0.25) is 4.79 Å². The van der Waals surface area contributed by atoms with Crippen molar-refractivity contribution in [3.05, 3.63) is 54.1 Å². The van der Waals surface area contributed by atoms with Crippen LogP contribution < -0.4 is 14.8 Å². The summed E-state index contributed by atoms with van der Waals surface area (Å²) in [7, 11) is 1.52. The molecule has 0 saturated heterocycles. The molecule has 1 amide bonds. The highest BCUT2D eigenvalue weighted by Gasteiger charge is 2.29. The van der Waals surface area contributed by atoms with Crippen molar-refractivity contribution in [2.24, 2.45) is 5.92 Å². The first-order chi connectivity index (χ1) is 11.2. The molecule has 5 heteroatoms. The molecule has 0 aliphatic heterocycles. The summed E-state index contributed by atoms with van der Waals surface area (Å²) in [6.45, 7) is 0. The quantitative estimate of drug-likeness (QED) is 0.680. The summed E-state index contributed by atoms with van der Waals surface area (Å²) in [5.74, 6) is 0.564. The molecule has 2 aromatic carbocycles. The molecular formula is C18H17NO4. The number of anilines is 1.